The van der Waals surface area contributed by atoms with Gasteiger partial charge in [-0.25, -0.2) is 9.78 Å². The summed E-state index contributed by atoms with van der Waals surface area (Å²) >= 11 is 0. The first-order chi connectivity index (χ1) is 8.72. The molecule has 18 heavy (non-hydrogen) atoms. The van der Waals surface area contributed by atoms with Gasteiger partial charge in [-0.2, -0.15) is 0 Å². The van der Waals surface area contributed by atoms with Crippen molar-refractivity contribution in [3.8, 4) is 0 Å². The number of urea groups is 1. The molecule has 2 N–H and O–H groups in total. The Balaban J connectivity index is 1.91. The van der Waals surface area contributed by atoms with Gasteiger partial charge in [-0.3, -0.25) is 5.32 Å². The molecular weight excluding hydrogens is 228 g/mol. The van der Waals surface area contributed by atoms with Gasteiger partial charge in [0.1, 0.15) is 5.82 Å². The monoisotopic (exact) mass is 248 g/mol. The van der Waals surface area contributed by atoms with E-state index in [0.717, 1.165) is 31.6 Å². The molecule has 0 spiro atoms. The molecule has 5 nitrogen and oxygen atoms in total. The van der Waals surface area contributed by atoms with Crippen LogP contribution in [0.3, 0.4) is 0 Å². The average Bonchev–Trinajstić information content (AvgIpc) is 3.16. The van der Waals surface area contributed by atoms with E-state index in [1.807, 2.05) is 12.1 Å². The molecule has 1 saturated carbocycles. The SMILES string of the molecule is CCN(CC)c1ccc(NC(=O)NC2CC2)nc1. The number of nitrogens with one attached hydrogen (secondary N) is 2. The minimum atomic E-state index is -0.166. The maximum absolute atomic E-state index is 11.5. The van der Waals surface area contributed by atoms with E-state index in [2.05, 4.69) is 34.4 Å². The number of carbonyl (C=O) groups excluding carboxylic acids is 1. The first kappa shape index (κ1) is 12.7. The molecule has 1 aromatic rings. The van der Waals surface area contributed by atoms with Crippen LogP contribution in [0.1, 0.15) is 26.7 Å². The number of amides is 2. The lowest BCUT2D eigenvalue weighted by molar-refractivity contribution is 0.251. The number of nitrogens with zero attached hydrogens (tertiary/aromatic N) is 2. The maximum Gasteiger partial charge on any atom is 0.320 e. The Bertz CT molecular complexity index is 396. The molecule has 0 unspecified atom stereocenters. The van der Waals surface area contributed by atoms with Crippen molar-refractivity contribution in [1.82, 2.24) is 10.3 Å². The molecule has 1 aliphatic carbocycles. The molecule has 0 aromatic carbocycles. The molecule has 2 amide bonds. The molecule has 0 bridgehead atoms. The number of carbonyl (C=O) groups is 1. The van der Waals surface area contributed by atoms with Gasteiger partial charge in [0.25, 0.3) is 0 Å². The zero-order valence-electron chi connectivity index (χ0n) is 10.9. The highest BCUT2D eigenvalue weighted by atomic mass is 16.2. The van der Waals surface area contributed by atoms with Crippen LogP contribution in [0.2, 0.25) is 0 Å². The molecule has 1 aliphatic rings. The summed E-state index contributed by atoms with van der Waals surface area (Å²) in [5, 5.41) is 5.60. The van der Waals surface area contributed by atoms with Gasteiger partial charge >= 0.3 is 6.03 Å². The normalized spacial score (nSPS) is 14.1. The highest BCUT2D eigenvalue weighted by Crippen LogP contribution is 2.19. The van der Waals surface area contributed by atoms with Crippen LogP contribution in [0.15, 0.2) is 18.3 Å². The Hall–Kier alpha value is -1.78. The fraction of sp³-hybridized carbons (Fsp3) is 0.538. The third kappa shape index (κ3) is 3.35. The molecular formula is C13H20N4O. The van der Waals surface area contributed by atoms with Gasteiger partial charge in [-0.05, 0) is 38.8 Å². The van der Waals surface area contributed by atoms with Gasteiger partial charge in [0.15, 0.2) is 0 Å². The van der Waals surface area contributed by atoms with Crippen molar-refractivity contribution in [2.45, 2.75) is 32.7 Å². The van der Waals surface area contributed by atoms with E-state index in [1.54, 1.807) is 6.20 Å². The van der Waals surface area contributed by atoms with E-state index in [-0.39, 0.29) is 6.03 Å². The molecule has 1 aromatic heterocycles. The highest BCUT2D eigenvalue weighted by Gasteiger charge is 2.23. The summed E-state index contributed by atoms with van der Waals surface area (Å²) in [5.74, 6) is 0.587. The number of hydrogen-bond donors (Lipinski definition) is 2. The van der Waals surface area contributed by atoms with Crippen molar-refractivity contribution in [3.63, 3.8) is 0 Å². The number of hydrogen-bond acceptors (Lipinski definition) is 3. The van der Waals surface area contributed by atoms with E-state index < -0.39 is 0 Å². The third-order valence-corrected chi connectivity index (χ3v) is 3.03. The van der Waals surface area contributed by atoms with Crippen molar-refractivity contribution in [3.05, 3.63) is 18.3 Å². The third-order valence-electron chi connectivity index (χ3n) is 3.03. The van der Waals surface area contributed by atoms with Crippen molar-refractivity contribution < 1.29 is 4.79 Å². The Morgan fingerprint density at radius 1 is 1.39 bits per heavy atom. The van der Waals surface area contributed by atoms with Gasteiger partial charge in [-0.15, -0.1) is 0 Å². The summed E-state index contributed by atoms with van der Waals surface area (Å²) < 4.78 is 0. The van der Waals surface area contributed by atoms with E-state index in [1.165, 1.54) is 0 Å². The number of pyridine rings is 1. The Morgan fingerprint density at radius 3 is 2.61 bits per heavy atom. The van der Waals surface area contributed by atoms with E-state index in [4.69, 9.17) is 0 Å². The van der Waals surface area contributed by atoms with Crippen LogP contribution in [0.5, 0.6) is 0 Å². The second kappa shape index (κ2) is 5.71. The molecule has 1 heterocycles. The van der Waals surface area contributed by atoms with E-state index in [0.29, 0.717) is 11.9 Å². The van der Waals surface area contributed by atoms with Gasteiger partial charge in [0.2, 0.25) is 0 Å². The lowest BCUT2D eigenvalue weighted by atomic mass is 10.3. The lowest BCUT2D eigenvalue weighted by Gasteiger charge is -2.20. The van der Waals surface area contributed by atoms with Crippen molar-refractivity contribution in [2.24, 2.45) is 0 Å². The quantitative estimate of drug-likeness (QED) is 0.840. The van der Waals surface area contributed by atoms with Crippen LogP contribution in [0.4, 0.5) is 16.3 Å². The first-order valence-electron chi connectivity index (χ1n) is 6.51. The summed E-state index contributed by atoms with van der Waals surface area (Å²) in [6, 6.07) is 4.01. The lowest BCUT2D eigenvalue weighted by Crippen LogP contribution is -2.30. The number of rotatable bonds is 5. The van der Waals surface area contributed by atoms with Crippen LogP contribution in [0, 0.1) is 0 Å². The molecule has 98 valence electrons. The second-order valence-electron chi connectivity index (χ2n) is 4.45. The summed E-state index contributed by atoms with van der Waals surface area (Å²) in [6.07, 6.45) is 3.96. The zero-order valence-corrected chi connectivity index (χ0v) is 10.9. The minimum Gasteiger partial charge on any atom is -0.371 e. The van der Waals surface area contributed by atoms with E-state index in [9.17, 15) is 4.79 Å². The van der Waals surface area contributed by atoms with Gasteiger partial charge in [0.05, 0.1) is 11.9 Å². The zero-order chi connectivity index (χ0) is 13.0. The van der Waals surface area contributed by atoms with Crippen molar-refractivity contribution in [2.75, 3.05) is 23.3 Å². The number of anilines is 2. The first-order valence-corrected chi connectivity index (χ1v) is 6.51. The predicted octanol–water partition coefficient (Wildman–Crippen LogP) is 2.21. The molecule has 0 radical (unpaired) electrons. The molecule has 5 heteroatoms. The largest absolute Gasteiger partial charge is 0.371 e. The molecule has 0 aliphatic heterocycles. The fourth-order valence-electron chi connectivity index (χ4n) is 1.80. The molecule has 0 saturated heterocycles. The Kier molecular flexibility index (Phi) is 4.02. The van der Waals surface area contributed by atoms with Crippen LogP contribution < -0.4 is 15.5 Å². The van der Waals surface area contributed by atoms with Crippen LogP contribution in [-0.4, -0.2) is 30.1 Å². The summed E-state index contributed by atoms with van der Waals surface area (Å²) in [5.41, 5.74) is 1.08. The smallest absolute Gasteiger partial charge is 0.320 e. The molecule has 2 rings (SSSR count). The highest BCUT2D eigenvalue weighted by molar-refractivity contribution is 5.88. The maximum atomic E-state index is 11.5. The van der Waals surface area contributed by atoms with Gasteiger partial charge < -0.3 is 10.2 Å². The predicted molar refractivity (Wildman–Crippen MR) is 73.0 cm³/mol. The van der Waals surface area contributed by atoms with Crippen LogP contribution in [-0.2, 0) is 0 Å². The van der Waals surface area contributed by atoms with Crippen molar-refractivity contribution >= 4 is 17.5 Å². The minimum absolute atomic E-state index is 0.166. The van der Waals surface area contributed by atoms with Crippen LogP contribution >= 0.6 is 0 Å². The van der Waals surface area contributed by atoms with E-state index >= 15 is 0 Å². The Labute approximate surface area is 108 Å². The fourth-order valence-corrected chi connectivity index (χ4v) is 1.80. The summed E-state index contributed by atoms with van der Waals surface area (Å²) in [4.78, 5) is 18.0. The number of aromatic nitrogens is 1. The standard InChI is InChI=1S/C13H20N4O/c1-3-17(4-2)11-7-8-12(14-9-11)16-13(18)15-10-5-6-10/h7-10H,3-6H2,1-2H3,(H2,14,15,16,18). The van der Waals surface area contributed by atoms with Gasteiger partial charge in [-0.1, -0.05) is 0 Å². The van der Waals surface area contributed by atoms with Gasteiger partial charge in [0, 0.05) is 19.1 Å². The summed E-state index contributed by atoms with van der Waals surface area (Å²) in [6.45, 7) is 6.12. The van der Waals surface area contributed by atoms with Crippen molar-refractivity contribution in [1.29, 1.82) is 0 Å². The second-order valence-corrected chi connectivity index (χ2v) is 4.45. The molecule has 0 atom stereocenters. The van der Waals surface area contributed by atoms with Crippen LogP contribution in [0.25, 0.3) is 0 Å². The topological polar surface area (TPSA) is 57.3 Å². The average molecular weight is 248 g/mol. The Morgan fingerprint density at radius 2 is 2.11 bits per heavy atom. The summed E-state index contributed by atoms with van der Waals surface area (Å²) in [7, 11) is 0. The molecule has 1 fully saturated rings.